The van der Waals surface area contributed by atoms with Crippen molar-refractivity contribution in [3.63, 3.8) is 0 Å². The molecular weight excluding hydrogens is 649 g/mol. The lowest BCUT2D eigenvalue weighted by molar-refractivity contribution is 0.0997. The van der Waals surface area contributed by atoms with E-state index < -0.39 is 0 Å². The van der Waals surface area contributed by atoms with Crippen LogP contribution < -0.4 is 0 Å². The Morgan fingerprint density at radius 3 is 0.705 bits per heavy atom. The molecule has 3 aliphatic heterocycles. The summed E-state index contributed by atoms with van der Waals surface area (Å²) < 4.78 is 0. The van der Waals surface area contributed by atoms with E-state index >= 15 is 0 Å². The maximum Gasteiger partial charge on any atom is 0.0258 e. The van der Waals surface area contributed by atoms with Crippen molar-refractivity contribution >= 4 is 70.6 Å². The molecule has 0 radical (unpaired) electrons. The van der Waals surface area contributed by atoms with E-state index in [1.807, 2.05) is 0 Å². The Bertz CT molecular complexity index is 1400. The van der Waals surface area contributed by atoms with Crippen molar-refractivity contribution in [3.05, 3.63) is 103 Å². The molecule has 3 heterocycles. The normalized spacial score (nSPS) is 33.5. The molecule has 0 fully saturated rings. The van der Waals surface area contributed by atoms with Crippen LogP contribution in [-0.4, -0.2) is 34.5 Å². The zero-order chi connectivity index (χ0) is 29.9. The largest absolute Gasteiger partial charge is 0.156 e. The molecule has 44 heavy (non-hydrogen) atoms. The van der Waals surface area contributed by atoms with Crippen LogP contribution in [0.4, 0.5) is 0 Å². The second kappa shape index (κ2) is 10.6. The molecular formula is C38H42S6. The first kappa shape index (κ1) is 29.9. The Kier molecular flexibility index (Phi) is 7.21. The molecule has 0 N–H and O–H groups in total. The smallest absolute Gasteiger partial charge is 0.0258 e. The lowest BCUT2D eigenvalue weighted by Crippen LogP contribution is -2.51. The van der Waals surface area contributed by atoms with Gasteiger partial charge in [-0.2, -0.15) is 70.6 Å². The average molecular weight is 691 g/mol. The van der Waals surface area contributed by atoms with Gasteiger partial charge in [0.2, 0.25) is 0 Å². The van der Waals surface area contributed by atoms with Gasteiger partial charge >= 0.3 is 0 Å². The van der Waals surface area contributed by atoms with Gasteiger partial charge in [-0.1, -0.05) is 64.1 Å². The van der Waals surface area contributed by atoms with E-state index in [0.29, 0.717) is 0 Å². The van der Waals surface area contributed by atoms with Gasteiger partial charge in [0.25, 0.3) is 0 Å². The molecule has 3 aromatic rings. The van der Waals surface area contributed by atoms with Crippen LogP contribution in [0.2, 0.25) is 0 Å². The first-order valence-electron chi connectivity index (χ1n) is 16.3. The van der Waals surface area contributed by atoms with Crippen molar-refractivity contribution in [2.45, 2.75) is 78.5 Å². The Morgan fingerprint density at radius 1 is 0.341 bits per heavy atom. The van der Waals surface area contributed by atoms with Gasteiger partial charge in [0.15, 0.2) is 0 Å². The molecule has 0 saturated heterocycles. The Balaban J connectivity index is 1.45. The summed E-state index contributed by atoms with van der Waals surface area (Å²) in [5.74, 6) is 14.3. The molecule has 0 saturated carbocycles. The fraction of sp³-hybridized carbons (Fsp3) is 0.526. The summed E-state index contributed by atoms with van der Waals surface area (Å²) in [6.45, 7) is 10.8. The predicted octanol–water partition coefficient (Wildman–Crippen LogP) is 10.4. The molecule has 12 bridgehead atoms. The Labute approximate surface area is 290 Å². The van der Waals surface area contributed by atoms with Gasteiger partial charge in [-0.05, 0) is 66.8 Å². The average Bonchev–Trinajstić information content (AvgIpc) is 3.36. The molecule has 0 amide bonds. The molecule has 3 aromatic carbocycles. The van der Waals surface area contributed by atoms with E-state index in [0.717, 1.165) is 34.5 Å². The van der Waals surface area contributed by atoms with Crippen molar-refractivity contribution in [2.24, 2.45) is 5.41 Å². The van der Waals surface area contributed by atoms with Crippen LogP contribution >= 0.6 is 70.6 Å². The topological polar surface area (TPSA) is 0 Å². The van der Waals surface area contributed by atoms with Gasteiger partial charge in [0.05, 0.1) is 0 Å². The van der Waals surface area contributed by atoms with Gasteiger partial charge in [-0.25, -0.2) is 0 Å². The van der Waals surface area contributed by atoms with E-state index in [2.05, 4.69) is 135 Å². The standard InChI is InChI=1S/C38H42S6/c1-35-29-11-23-17-39-5-6-40-18-24-12-30(35)32-14-26(24)20-42-8-10-44-22-28-16-34-33-15-27(28)21-43-9-7-41-19-25(23)13-31(29)36(33,2)38(35,4)37(32,34)3/h11-16H,5-10,17-22H2,1-4H3. The summed E-state index contributed by atoms with van der Waals surface area (Å²) in [5.41, 5.74) is 19.5. The van der Waals surface area contributed by atoms with E-state index in [1.165, 1.54) is 34.5 Å². The number of fused-ring (bicyclic) bond motifs is 9. The van der Waals surface area contributed by atoms with Crippen LogP contribution in [0.1, 0.15) is 94.5 Å². The van der Waals surface area contributed by atoms with Crippen molar-refractivity contribution < 1.29 is 0 Å². The number of benzene rings is 3. The lowest BCUT2D eigenvalue weighted by atomic mass is 9.52. The zero-order valence-corrected chi connectivity index (χ0v) is 31.3. The molecule has 0 unspecified atom stereocenters. The summed E-state index contributed by atoms with van der Waals surface area (Å²) in [4.78, 5) is 0. The quantitative estimate of drug-likeness (QED) is 0.229. The third kappa shape index (κ3) is 3.66. The van der Waals surface area contributed by atoms with Gasteiger partial charge in [-0.3, -0.25) is 0 Å². The Hall–Kier alpha value is -0.240. The lowest BCUT2D eigenvalue weighted by Gasteiger charge is -2.49. The molecule has 230 valence electrons. The fourth-order valence-corrected chi connectivity index (χ4v) is 17.0. The molecule has 0 aromatic heterocycles. The van der Waals surface area contributed by atoms with Crippen LogP contribution in [-0.2, 0) is 50.8 Å². The van der Waals surface area contributed by atoms with Crippen LogP contribution in [0, 0.1) is 5.41 Å². The van der Waals surface area contributed by atoms with Crippen molar-refractivity contribution in [2.75, 3.05) is 34.5 Å². The number of hydrogen-bond acceptors (Lipinski definition) is 6. The van der Waals surface area contributed by atoms with E-state index in [9.17, 15) is 0 Å². The maximum absolute atomic E-state index is 2.75. The second-order valence-corrected chi connectivity index (χ2v) is 20.9. The highest BCUT2D eigenvalue weighted by Gasteiger charge is 2.80. The highest BCUT2D eigenvalue weighted by molar-refractivity contribution is 8.03. The van der Waals surface area contributed by atoms with Crippen LogP contribution in [0.5, 0.6) is 0 Å². The minimum atomic E-state index is -0.0393. The summed E-state index contributed by atoms with van der Waals surface area (Å²) in [5, 5.41) is 0. The predicted molar refractivity (Wildman–Crippen MR) is 204 cm³/mol. The molecule has 0 spiro atoms. The SMILES string of the molecule is CC12c3cc4c5cc3C3(C)c6cc(c7cc6C(C)(c6cc(c(cc61)CSCCSC4)CSCCSC7)C23C)CSCCSC5. The van der Waals surface area contributed by atoms with E-state index in [-0.39, 0.29) is 21.7 Å². The summed E-state index contributed by atoms with van der Waals surface area (Å²) in [6.07, 6.45) is 0. The minimum absolute atomic E-state index is 0.0169. The zero-order valence-electron chi connectivity index (χ0n) is 26.4. The van der Waals surface area contributed by atoms with Crippen molar-refractivity contribution in [1.29, 1.82) is 0 Å². The van der Waals surface area contributed by atoms with Crippen molar-refractivity contribution in [3.8, 4) is 0 Å². The van der Waals surface area contributed by atoms with Crippen LogP contribution in [0.3, 0.4) is 0 Å². The van der Waals surface area contributed by atoms with Gasteiger partial charge in [0.1, 0.15) is 0 Å². The maximum atomic E-state index is 2.75. The molecule has 3 aliphatic carbocycles. The van der Waals surface area contributed by atoms with Crippen LogP contribution in [0.15, 0.2) is 36.4 Å². The van der Waals surface area contributed by atoms with Crippen molar-refractivity contribution in [1.82, 2.24) is 0 Å². The summed E-state index contributed by atoms with van der Waals surface area (Å²) in [6, 6.07) is 16.5. The number of hydrogen-bond donors (Lipinski definition) is 0. The first-order chi connectivity index (χ1) is 21.3. The highest BCUT2D eigenvalue weighted by Crippen LogP contribution is 2.82. The molecule has 0 nitrogen and oxygen atoms in total. The second-order valence-electron chi connectivity index (χ2n) is 14.3. The third-order valence-corrected chi connectivity index (χ3v) is 19.7. The fourth-order valence-electron chi connectivity index (χ4n) is 10.4. The van der Waals surface area contributed by atoms with Gasteiger partial charge < -0.3 is 0 Å². The van der Waals surface area contributed by atoms with E-state index in [1.54, 1.807) is 66.8 Å². The number of rotatable bonds is 0. The Morgan fingerprint density at radius 2 is 0.523 bits per heavy atom. The van der Waals surface area contributed by atoms with E-state index in [4.69, 9.17) is 0 Å². The molecule has 0 atom stereocenters. The minimum Gasteiger partial charge on any atom is -0.156 e. The van der Waals surface area contributed by atoms with Gasteiger partial charge in [-0.15, -0.1) is 0 Å². The monoisotopic (exact) mass is 690 g/mol. The number of thioether (sulfide) groups is 6. The summed E-state index contributed by atoms with van der Waals surface area (Å²) >= 11 is 13.0. The third-order valence-electron chi connectivity index (χ3n) is 12.9. The first-order valence-corrected chi connectivity index (χ1v) is 23.2. The molecule has 9 rings (SSSR count). The summed E-state index contributed by atoms with van der Waals surface area (Å²) in [7, 11) is 0. The van der Waals surface area contributed by atoms with Gasteiger partial charge in [0, 0.05) is 90.7 Å². The molecule has 6 aliphatic rings. The molecule has 6 heteroatoms. The highest BCUT2D eigenvalue weighted by atomic mass is 32.2. The van der Waals surface area contributed by atoms with Crippen LogP contribution in [0.25, 0.3) is 0 Å².